The van der Waals surface area contributed by atoms with Gasteiger partial charge < -0.3 is 20.1 Å². The number of rotatable bonds is 5. The summed E-state index contributed by atoms with van der Waals surface area (Å²) >= 11 is 0. The quantitative estimate of drug-likeness (QED) is 0.611. The summed E-state index contributed by atoms with van der Waals surface area (Å²) in [5.74, 6) is 0.463. The molecular weight excluding hydrogens is 250 g/mol. The SMILES string of the molecule is COc1ccc(NC2CNC[C@@H]2OC)c([N+](=O)[O-])c1. The average molecular weight is 267 g/mol. The normalized spacial score (nSPS) is 22.2. The maximum absolute atomic E-state index is 11.1. The van der Waals surface area contributed by atoms with Crippen LogP contribution in [0.3, 0.4) is 0 Å². The van der Waals surface area contributed by atoms with Crippen LogP contribution in [0, 0.1) is 10.1 Å². The van der Waals surface area contributed by atoms with Crippen LogP contribution in [0.5, 0.6) is 5.75 Å². The largest absolute Gasteiger partial charge is 0.496 e. The summed E-state index contributed by atoms with van der Waals surface area (Å²) < 4.78 is 10.3. The van der Waals surface area contributed by atoms with Crippen molar-refractivity contribution >= 4 is 11.4 Å². The highest BCUT2D eigenvalue weighted by Gasteiger charge is 2.28. The summed E-state index contributed by atoms with van der Waals surface area (Å²) in [7, 11) is 3.11. The number of nitro benzene ring substituents is 1. The first-order valence-electron chi connectivity index (χ1n) is 5.98. The summed E-state index contributed by atoms with van der Waals surface area (Å²) in [4.78, 5) is 10.7. The molecule has 19 heavy (non-hydrogen) atoms. The van der Waals surface area contributed by atoms with Crippen LogP contribution in [0.15, 0.2) is 18.2 Å². The topological polar surface area (TPSA) is 85.7 Å². The van der Waals surface area contributed by atoms with Gasteiger partial charge in [-0.15, -0.1) is 0 Å². The van der Waals surface area contributed by atoms with E-state index in [9.17, 15) is 10.1 Å². The van der Waals surface area contributed by atoms with Crippen molar-refractivity contribution in [3.05, 3.63) is 28.3 Å². The molecule has 1 aliphatic heterocycles. The minimum Gasteiger partial charge on any atom is -0.496 e. The molecule has 1 heterocycles. The molecule has 0 spiro atoms. The molecule has 2 N–H and O–H groups in total. The monoisotopic (exact) mass is 267 g/mol. The Kier molecular flexibility index (Phi) is 4.18. The fourth-order valence-electron chi connectivity index (χ4n) is 2.16. The Bertz CT molecular complexity index is 466. The van der Waals surface area contributed by atoms with E-state index in [4.69, 9.17) is 9.47 Å². The number of benzene rings is 1. The van der Waals surface area contributed by atoms with E-state index in [0.717, 1.165) is 6.54 Å². The van der Waals surface area contributed by atoms with Gasteiger partial charge in [-0.3, -0.25) is 10.1 Å². The third kappa shape index (κ3) is 2.94. The zero-order valence-electron chi connectivity index (χ0n) is 10.9. The Balaban J connectivity index is 2.21. The van der Waals surface area contributed by atoms with Crippen LogP contribution in [0.2, 0.25) is 0 Å². The van der Waals surface area contributed by atoms with Crippen molar-refractivity contribution < 1.29 is 14.4 Å². The first-order valence-corrected chi connectivity index (χ1v) is 5.98. The van der Waals surface area contributed by atoms with Crippen molar-refractivity contribution in [1.82, 2.24) is 5.32 Å². The average Bonchev–Trinajstić information content (AvgIpc) is 2.86. The van der Waals surface area contributed by atoms with Crippen LogP contribution in [0.1, 0.15) is 0 Å². The number of ether oxygens (including phenoxy) is 2. The van der Waals surface area contributed by atoms with E-state index in [2.05, 4.69) is 10.6 Å². The van der Waals surface area contributed by atoms with Gasteiger partial charge in [0, 0.05) is 20.2 Å². The van der Waals surface area contributed by atoms with Crippen molar-refractivity contribution in [2.45, 2.75) is 12.1 Å². The standard InChI is InChI=1S/C12H17N3O4/c1-18-8-3-4-9(11(5-8)15(16)17)14-10-6-13-7-12(10)19-2/h3-5,10,12-14H,6-7H2,1-2H3/t10?,12-/m0/s1. The molecule has 2 atom stereocenters. The molecule has 7 nitrogen and oxygen atoms in total. The van der Waals surface area contributed by atoms with Crippen molar-refractivity contribution in [3.63, 3.8) is 0 Å². The van der Waals surface area contributed by atoms with Gasteiger partial charge in [-0.25, -0.2) is 0 Å². The lowest BCUT2D eigenvalue weighted by Crippen LogP contribution is -2.33. The van der Waals surface area contributed by atoms with E-state index < -0.39 is 4.92 Å². The Labute approximate surface area is 111 Å². The van der Waals surface area contributed by atoms with E-state index in [-0.39, 0.29) is 17.8 Å². The van der Waals surface area contributed by atoms with Gasteiger partial charge in [0.05, 0.1) is 30.2 Å². The first-order chi connectivity index (χ1) is 9.15. The van der Waals surface area contributed by atoms with Crippen LogP contribution in [0.25, 0.3) is 0 Å². The van der Waals surface area contributed by atoms with Gasteiger partial charge in [0.1, 0.15) is 11.4 Å². The minimum absolute atomic E-state index is 0.00102. The van der Waals surface area contributed by atoms with E-state index in [1.807, 2.05) is 0 Å². The summed E-state index contributed by atoms with van der Waals surface area (Å²) in [6.07, 6.45) is 0.00158. The Morgan fingerprint density at radius 2 is 2.21 bits per heavy atom. The van der Waals surface area contributed by atoms with Gasteiger partial charge in [-0.2, -0.15) is 0 Å². The molecule has 1 saturated heterocycles. The molecule has 0 amide bonds. The number of hydrogen-bond donors (Lipinski definition) is 2. The molecule has 104 valence electrons. The fraction of sp³-hybridized carbons (Fsp3) is 0.500. The molecule has 0 aliphatic carbocycles. The second kappa shape index (κ2) is 5.85. The van der Waals surface area contributed by atoms with Crippen LogP contribution in [0.4, 0.5) is 11.4 Å². The van der Waals surface area contributed by atoms with Crippen LogP contribution < -0.4 is 15.4 Å². The number of anilines is 1. The summed E-state index contributed by atoms with van der Waals surface area (Å²) in [6, 6.07) is 4.77. The second-order valence-corrected chi connectivity index (χ2v) is 4.32. The van der Waals surface area contributed by atoms with Gasteiger partial charge in [0.2, 0.25) is 0 Å². The molecule has 1 unspecified atom stereocenters. The van der Waals surface area contributed by atoms with Gasteiger partial charge in [-0.1, -0.05) is 0 Å². The molecular formula is C12H17N3O4. The van der Waals surface area contributed by atoms with Crippen LogP contribution >= 0.6 is 0 Å². The highest BCUT2D eigenvalue weighted by molar-refractivity contribution is 5.64. The number of nitrogens with zero attached hydrogens (tertiary/aromatic N) is 1. The van der Waals surface area contributed by atoms with Gasteiger partial charge >= 0.3 is 0 Å². The molecule has 0 saturated carbocycles. The molecule has 2 rings (SSSR count). The third-order valence-electron chi connectivity index (χ3n) is 3.20. The van der Waals surface area contributed by atoms with E-state index in [1.54, 1.807) is 19.2 Å². The van der Waals surface area contributed by atoms with E-state index in [0.29, 0.717) is 18.0 Å². The predicted molar refractivity (Wildman–Crippen MR) is 70.7 cm³/mol. The van der Waals surface area contributed by atoms with Crippen molar-refractivity contribution in [2.75, 3.05) is 32.6 Å². The Morgan fingerprint density at radius 3 is 2.84 bits per heavy atom. The molecule has 1 aliphatic rings. The minimum atomic E-state index is -0.422. The van der Waals surface area contributed by atoms with Crippen molar-refractivity contribution in [3.8, 4) is 5.75 Å². The molecule has 0 aromatic heterocycles. The summed E-state index contributed by atoms with van der Waals surface area (Å²) in [5.41, 5.74) is 0.475. The fourth-order valence-corrected chi connectivity index (χ4v) is 2.16. The van der Waals surface area contributed by atoms with Crippen molar-refractivity contribution in [2.24, 2.45) is 0 Å². The number of nitrogens with one attached hydrogen (secondary N) is 2. The zero-order valence-corrected chi connectivity index (χ0v) is 10.9. The number of nitro groups is 1. The lowest BCUT2D eigenvalue weighted by atomic mass is 10.2. The smallest absolute Gasteiger partial charge is 0.296 e. The van der Waals surface area contributed by atoms with E-state index in [1.165, 1.54) is 13.2 Å². The van der Waals surface area contributed by atoms with Gasteiger partial charge in [-0.05, 0) is 12.1 Å². The van der Waals surface area contributed by atoms with Gasteiger partial charge in [0.25, 0.3) is 5.69 Å². The van der Waals surface area contributed by atoms with Crippen LogP contribution in [-0.2, 0) is 4.74 Å². The number of methoxy groups -OCH3 is 2. The molecule has 1 aromatic carbocycles. The highest BCUT2D eigenvalue weighted by Crippen LogP contribution is 2.30. The van der Waals surface area contributed by atoms with Crippen LogP contribution in [-0.4, -0.2) is 44.4 Å². The first kappa shape index (κ1) is 13.6. The molecule has 0 radical (unpaired) electrons. The molecule has 1 aromatic rings. The zero-order chi connectivity index (χ0) is 13.8. The molecule has 1 fully saturated rings. The maximum atomic E-state index is 11.1. The predicted octanol–water partition coefficient (Wildman–Crippen LogP) is 1.00. The summed E-state index contributed by atoms with van der Waals surface area (Å²) in [5, 5.41) is 17.4. The Morgan fingerprint density at radius 1 is 1.42 bits per heavy atom. The maximum Gasteiger partial charge on any atom is 0.296 e. The highest BCUT2D eigenvalue weighted by atomic mass is 16.6. The van der Waals surface area contributed by atoms with Gasteiger partial charge in [0.15, 0.2) is 0 Å². The Hall–Kier alpha value is -1.86. The molecule has 0 bridgehead atoms. The second-order valence-electron chi connectivity index (χ2n) is 4.32. The van der Waals surface area contributed by atoms with Crippen molar-refractivity contribution in [1.29, 1.82) is 0 Å². The summed E-state index contributed by atoms with van der Waals surface area (Å²) in [6.45, 7) is 1.44. The number of hydrogen-bond acceptors (Lipinski definition) is 6. The van der Waals surface area contributed by atoms with E-state index >= 15 is 0 Å². The third-order valence-corrected chi connectivity index (χ3v) is 3.20. The lowest BCUT2D eigenvalue weighted by Gasteiger charge is -2.19. The molecule has 7 heteroatoms. The lowest BCUT2D eigenvalue weighted by molar-refractivity contribution is -0.384.